The lowest BCUT2D eigenvalue weighted by Gasteiger charge is -2.26. The minimum absolute atomic E-state index is 0.0157. The van der Waals surface area contributed by atoms with E-state index in [1.165, 1.54) is 9.12 Å². The predicted octanol–water partition coefficient (Wildman–Crippen LogP) is 4.40. The summed E-state index contributed by atoms with van der Waals surface area (Å²) in [7, 11) is 1.54. The molecule has 2 N–H and O–H groups in total. The summed E-state index contributed by atoms with van der Waals surface area (Å²) in [5.74, 6) is 1.02. The lowest BCUT2D eigenvalue weighted by atomic mass is 10.0. The highest BCUT2D eigenvalue weighted by atomic mass is 127. The van der Waals surface area contributed by atoms with Crippen LogP contribution in [0, 0.1) is 6.92 Å². The molecule has 2 atom stereocenters. The van der Waals surface area contributed by atoms with Gasteiger partial charge in [0, 0.05) is 36.5 Å². The number of anilines is 2. The highest BCUT2D eigenvalue weighted by Crippen LogP contribution is 2.40. The number of aromatic nitrogens is 5. The van der Waals surface area contributed by atoms with Crippen molar-refractivity contribution in [2.24, 2.45) is 0 Å². The van der Waals surface area contributed by atoms with Crippen LogP contribution >= 0.6 is 30.3 Å². The van der Waals surface area contributed by atoms with Gasteiger partial charge in [-0.15, -0.1) is 0 Å². The Balaban J connectivity index is 1.69. The molecule has 0 radical (unpaired) electrons. The van der Waals surface area contributed by atoms with Crippen LogP contribution in [0.15, 0.2) is 18.5 Å². The molecule has 1 aliphatic rings. The van der Waals surface area contributed by atoms with Gasteiger partial charge in [-0.2, -0.15) is 15.1 Å². The largest absolute Gasteiger partial charge is 0.477 e. The number of ether oxygens (including phenoxy) is 1. The van der Waals surface area contributed by atoms with Crippen LogP contribution in [0.5, 0.6) is 5.88 Å². The van der Waals surface area contributed by atoms with E-state index in [0.29, 0.717) is 18.4 Å². The van der Waals surface area contributed by atoms with Gasteiger partial charge in [0.15, 0.2) is 5.65 Å². The molecule has 10 heteroatoms. The van der Waals surface area contributed by atoms with Crippen molar-refractivity contribution in [1.82, 2.24) is 23.7 Å². The van der Waals surface area contributed by atoms with Crippen molar-refractivity contribution >= 4 is 53.0 Å². The molecule has 4 rings (SSSR count). The maximum Gasteiger partial charge on any atom is 0.232 e. The molecule has 0 amide bonds. The fourth-order valence-electron chi connectivity index (χ4n) is 3.82. The molecule has 1 fully saturated rings. The third-order valence-corrected chi connectivity index (χ3v) is 7.01. The molecule has 0 saturated heterocycles. The van der Waals surface area contributed by atoms with Crippen molar-refractivity contribution in [3.05, 3.63) is 24.2 Å². The topological polar surface area (TPSA) is 90.0 Å². The van der Waals surface area contributed by atoms with E-state index in [-0.39, 0.29) is 6.04 Å². The van der Waals surface area contributed by atoms with Gasteiger partial charge in [0.05, 0.1) is 41.2 Å². The first-order chi connectivity index (χ1) is 13.4. The van der Waals surface area contributed by atoms with Crippen LogP contribution in [0.3, 0.4) is 0 Å². The minimum Gasteiger partial charge on any atom is -0.477 e. The highest BCUT2D eigenvalue weighted by molar-refractivity contribution is 14.2. The Kier molecular flexibility index (Phi) is 5.45. The van der Waals surface area contributed by atoms with Gasteiger partial charge in [0.2, 0.25) is 11.8 Å². The maximum atomic E-state index is 10.7. The Hall–Kier alpha value is -1.53. The Morgan fingerprint density at radius 3 is 2.96 bits per heavy atom. The predicted molar refractivity (Wildman–Crippen MR) is 119 cm³/mol. The molecule has 2 unspecified atom stereocenters. The van der Waals surface area contributed by atoms with Crippen LogP contribution in [0.1, 0.15) is 44.8 Å². The minimum atomic E-state index is -0.732. The van der Waals surface area contributed by atoms with E-state index >= 15 is 0 Å². The molecule has 1 saturated carbocycles. The van der Waals surface area contributed by atoms with Crippen molar-refractivity contribution in [2.45, 2.75) is 51.7 Å². The van der Waals surface area contributed by atoms with Crippen LogP contribution in [-0.4, -0.2) is 41.0 Å². The Labute approximate surface area is 179 Å². The number of aliphatic hydroxyl groups is 1. The van der Waals surface area contributed by atoms with Crippen LogP contribution in [0.2, 0.25) is 0 Å². The first kappa shape index (κ1) is 19.8. The first-order valence-electron chi connectivity index (χ1n) is 9.29. The van der Waals surface area contributed by atoms with Crippen LogP contribution in [0.4, 0.5) is 11.6 Å². The second-order valence-electron chi connectivity index (χ2n) is 7.21. The summed E-state index contributed by atoms with van der Waals surface area (Å²) in [6.07, 6.45) is 6.44. The Morgan fingerprint density at radius 1 is 1.46 bits per heavy atom. The summed E-state index contributed by atoms with van der Waals surface area (Å²) in [6.45, 7) is 6.35. The number of nitrogens with one attached hydrogen (secondary N) is 1. The molecule has 0 bridgehead atoms. The summed E-state index contributed by atoms with van der Waals surface area (Å²) in [4.78, 5) is 9.22. The van der Waals surface area contributed by atoms with Gasteiger partial charge in [-0.05, 0) is 46.1 Å². The SMILES string of the molecule is CCOc1nc(Nc2cnn(C3CCCC3(C)O)c2C)nc2c1ccn2SI. The van der Waals surface area contributed by atoms with E-state index in [9.17, 15) is 5.11 Å². The molecule has 0 aromatic carbocycles. The number of hydrogen-bond donors (Lipinski definition) is 2. The van der Waals surface area contributed by atoms with E-state index in [0.717, 1.165) is 41.7 Å². The smallest absolute Gasteiger partial charge is 0.232 e. The summed E-state index contributed by atoms with van der Waals surface area (Å²) in [5, 5.41) is 19.3. The quantitative estimate of drug-likeness (QED) is 0.472. The molecule has 150 valence electrons. The lowest BCUT2D eigenvalue weighted by molar-refractivity contribution is 0.0214. The molecule has 8 nitrogen and oxygen atoms in total. The van der Waals surface area contributed by atoms with Crippen molar-refractivity contribution in [2.75, 3.05) is 11.9 Å². The Morgan fingerprint density at radius 2 is 2.29 bits per heavy atom. The summed E-state index contributed by atoms with van der Waals surface area (Å²) in [6, 6.07) is 1.94. The third-order valence-electron chi connectivity index (χ3n) is 5.30. The van der Waals surface area contributed by atoms with Crippen LogP contribution < -0.4 is 10.1 Å². The summed E-state index contributed by atoms with van der Waals surface area (Å²) < 4.78 is 9.62. The van der Waals surface area contributed by atoms with Crippen molar-refractivity contribution < 1.29 is 9.84 Å². The van der Waals surface area contributed by atoms with Crippen molar-refractivity contribution in [1.29, 1.82) is 0 Å². The molecule has 3 heterocycles. The monoisotopic (exact) mass is 514 g/mol. The van der Waals surface area contributed by atoms with Gasteiger partial charge in [0.25, 0.3) is 0 Å². The zero-order chi connectivity index (χ0) is 19.9. The fourth-order valence-corrected chi connectivity index (χ4v) is 5.08. The number of hydrogen-bond acceptors (Lipinski definition) is 7. The third kappa shape index (κ3) is 3.45. The number of halogens is 1. The van der Waals surface area contributed by atoms with Crippen molar-refractivity contribution in [3.63, 3.8) is 0 Å². The van der Waals surface area contributed by atoms with Crippen molar-refractivity contribution in [3.8, 4) is 5.88 Å². The molecule has 3 aromatic heterocycles. The van der Waals surface area contributed by atoms with E-state index in [2.05, 4.69) is 41.6 Å². The second-order valence-corrected chi connectivity index (χ2v) is 8.92. The summed E-state index contributed by atoms with van der Waals surface area (Å²) >= 11 is 2.22. The Bertz CT molecular complexity index is 1000. The van der Waals surface area contributed by atoms with Crippen LogP contribution in [-0.2, 0) is 0 Å². The summed E-state index contributed by atoms with van der Waals surface area (Å²) in [5.41, 5.74) is 1.84. The molecular formula is C18H23IN6O2S. The molecule has 3 aromatic rings. The van der Waals surface area contributed by atoms with Gasteiger partial charge in [-0.25, -0.2) is 0 Å². The van der Waals surface area contributed by atoms with E-state index < -0.39 is 5.60 Å². The molecule has 28 heavy (non-hydrogen) atoms. The molecule has 0 spiro atoms. The van der Waals surface area contributed by atoms with Gasteiger partial charge in [-0.3, -0.25) is 8.65 Å². The van der Waals surface area contributed by atoms with E-state index in [4.69, 9.17) is 4.74 Å². The van der Waals surface area contributed by atoms with Gasteiger partial charge in [-0.1, -0.05) is 0 Å². The normalized spacial score (nSPS) is 22.1. The molecule has 0 aliphatic heterocycles. The van der Waals surface area contributed by atoms with E-state index in [1.54, 1.807) is 6.20 Å². The van der Waals surface area contributed by atoms with Gasteiger partial charge < -0.3 is 15.2 Å². The van der Waals surface area contributed by atoms with Gasteiger partial charge >= 0.3 is 0 Å². The molecular weight excluding hydrogens is 491 g/mol. The van der Waals surface area contributed by atoms with E-state index in [1.807, 2.05) is 41.7 Å². The number of fused-ring (bicyclic) bond motifs is 1. The average molecular weight is 514 g/mol. The standard InChI is InChI=1S/C18H23IN6O2S/c1-4-27-16-12-7-9-24(28-19)15(12)22-17(23-16)21-13-10-20-25(11(13)2)14-6-5-8-18(14,3)26/h7,9-10,14,26H,4-6,8H2,1-3H3,(H,21,22,23). The highest BCUT2D eigenvalue weighted by Gasteiger charge is 2.39. The van der Waals surface area contributed by atoms with Gasteiger partial charge in [0.1, 0.15) is 0 Å². The number of nitrogens with zero attached hydrogens (tertiary/aromatic N) is 5. The zero-order valence-corrected chi connectivity index (χ0v) is 19.0. The fraction of sp³-hybridized carbons (Fsp3) is 0.500. The first-order valence-corrected chi connectivity index (χ1v) is 12.6. The second kappa shape index (κ2) is 7.71. The molecule has 1 aliphatic carbocycles. The zero-order valence-electron chi connectivity index (χ0n) is 16.0. The number of rotatable bonds is 6. The lowest BCUT2D eigenvalue weighted by Crippen LogP contribution is -2.32. The average Bonchev–Trinajstić information content (AvgIpc) is 3.33. The maximum absolute atomic E-state index is 10.7. The van der Waals surface area contributed by atoms with Crippen LogP contribution in [0.25, 0.3) is 11.0 Å².